The van der Waals surface area contributed by atoms with E-state index in [-0.39, 0.29) is 0 Å². The van der Waals surface area contributed by atoms with Crippen LogP contribution in [0.25, 0.3) is 31.3 Å². The van der Waals surface area contributed by atoms with Gasteiger partial charge in [0.25, 0.3) is 0 Å². The van der Waals surface area contributed by atoms with Crippen molar-refractivity contribution in [2.24, 2.45) is 17.8 Å². The van der Waals surface area contributed by atoms with E-state index in [1.807, 2.05) is 11.3 Å². The van der Waals surface area contributed by atoms with E-state index in [9.17, 15) is 0 Å². The van der Waals surface area contributed by atoms with Crippen molar-refractivity contribution in [3.05, 3.63) is 181 Å². The van der Waals surface area contributed by atoms with Gasteiger partial charge in [-0.25, -0.2) is 0 Å². The standard InChI is InChI=1S/C52H44N2S/c1-3-9-39(10-4-1)40-15-19-43(20-16-40)54(47-27-28-49-48-13-7-8-14-50(48)55-51(49)32-47)46-25-23-45(24-26-46)53(42-11-5-2-6-12-42)44-21-17-41(18-22-44)52-33-36-29-37(34-52)31-38(30-36)35-52/h1-28,32,36-38H,29-31,33-35H2. The molecule has 55 heavy (non-hydrogen) atoms. The molecule has 268 valence electrons. The predicted octanol–water partition coefficient (Wildman–Crippen LogP) is 15.1. The minimum atomic E-state index is 0.397. The van der Waals surface area contributed by atoms with Crippen LogP contribution in [0.1, 0.15) is 44.1 Å². The highest BCUT2D eigenvalue weighted by molar-refractivity contribution is 7.25. The average molecular weight is 729 g/mol. The number of nitrogens with zero attached hydrogens (tertiary/aromatic N) is 2. The van der Waals surface area contributed by atoms with Crippen LogP contribution in [0.15, 0.2) is 176 Å². The smallest absolute Gasteiger partial charge is 0.0476 e. The van der Waals surface area contributed by atoms with Crippen molar-refractivity contribution in [1.82, 2.24) is 0 Å². The molecule has 1 heterocycles. The zero-order valence-electron chi connectivity index (χ0n) is 31.0. The highest BCUT2D eigenvalue weighted by Gasteiger charge is 2.51. The van der Waals surface area contributed by atoms with Crippen molar-refractivity contribution in [1.29, 1.82) is 0 Å². The van der Waals surface area contributed by atoms with E-state index >= 15 is 0 Å². The lowest BCUT2D eigenvalue weighted by Gasteiger charge is -2.57. The molecular weight excluding hydrogens is 685 g/mol. The van der Waals surface area contributed by atoms with E-state index in [1.54, 1.807) is 5.56 Å². The number of thiophene rings is 1. The second kappa shape index (κ2) is 13.3. The molecule has 12 rings (SSSR count). The highest BCUT2D eigenvalue weighted by Crippen LogP contribution is 2.61. The Balaban J connectivity index is 0.969. The van der Waals surface area contributed by atoms with Crippen LogP contribution in [0.3, 0.4) is 0 Å². The summed E-state index contributed by atoms with van der Waals surface area (Å²) in [6, 6.07) is 65.0. The van der Waals surface area contributed by atoms with Crippen molar-refractivity contribution >= 4 is 65.6 Å². The minimum absolute atomic E-state index is 0.397. The van der Waals surface area contributed by atoms with Gasteiger partial charge in [-0.2, -0.15) is 0 Å². The van der Waals surface area contributed by atoms with Gasteiger partial charge >= 0.3 is 0 Å². The molecular formula is C52H44N2S. The number of hydrogen-bond donors (Lipinski definition) is 0. The lowest BCUT2D eigenvalue weighted by molar-refractivity contribution is -0.00518. The number of benzene rings is 7. The van der Waals surface area contributed by atoms with E-state index in [2.05, 4.69) is 186 Å². The van der Waals surface area contributed by atoms with Crippen LogP contribution in [0.4, 0.5) is 34.1 Å². The summed E-state index contributed by atoms with van der Waals surface area (Å²) in [5.74, 6) is 2.83. The lowest BCUT2D eigenvalue weighted by Crippen LogP contribution is -2.48. The van der Waals surface area contributed by atoms with Crippen molar-refractivity contribution < 1.29 is 0 Å². The SMILES string of the molecule is c1ccc(-c2ccc(N(c3ccc(N(c4ccccc4)c4ccc(C56CC7CC(CC(C7)C5)C6)cc4)cc3)c3ccc4c(c3)sc3ccccc34)cc2)cc1. The first kappa shape index (κ1) is 32.8. The average Bonchev–Trinajstić information content (AvgIpc) is 3.60. The Morgan fingerprint density at radius 2 is 0.818 bits per heavy atom. The Bertz CT molecular complexity index is 2570. The van der Waals surface area contributed by atoms with E-state index < -0.39 is 0 Å². The van der Waals surface area contributed by atoms with Gasteiger partial charge in [-0.05, 0) is 157 Å². The van der Waals surface area contributed by atoms with Crippen LogP contribution in [-0.2, 0) is 5.41 Å². The van der Waals surface area contributed by atoms with Gasteiger partial charge < -0.3 is 9.80 Å². The Kier molecular flexibility index (Phi) is 7.91. The molecule has 4 aliphatic carbocycles. The molecule has 0 radical (unpaired) electrons. The molecule has 4 saturated carbocycles. The van der Waals surface area contributed by atoms with Crippen LogP contribution < -0.4 is 9.80 Å². The third-order valence-electron chi connectivity index (χ3n) is 13.0. The van der Waals surface area contributed by atoms with Crippen molar-refractivity contribution in [2.75, 3.05) is 9.80 Å². The molecule has 0 aliphatic heterocycles. The van der Waals surface area contributed by atoms with Crippen LogP contribution in [0.5, 0.6) is 0 Å². The van der Waals surface area contributed by atoms with Gasteiger partial charge in [0.1, 0.15) is 0 Å². The van der Waals surface area contributed by atoms with Gasteiger partial charge in [-0.3, -0.25) is 0 Å². The molecule has 4 fully saturated rings. The number of rotatable bonds is 8. The summed E-state index contributed by atoms with van der Waals surface area (Å²) in [6.45, 7) is 0. The molecule has 0 amide bonds. The summed E-state index contributed by atoms with van der Waals surface area (Å²) in [7, 11) is 0. The van der Waals surface area contributed by atoms with E-state index in [0.29, 0.717) is 5.41 Å². The first-order valence-corrected chi connectivity index (χ1v) is 20.9. The van der Waals surface area contributed by atoms with Gasteiger partial charge in [0.15, 0.2) is 0 Å². The summed E-state index contributed by atoms with van der Waals surface area (Å²) in [5.41, 5.74) is 11.3. The van der Waals surface area contributed by atoms with Crippen LogP contribution >= 0.6 is 11.3 Å². The highest BCUT2D eigenvalue weighted by atomic mass is 32.1. The van der Waals surface area contributed by atoms with Crippen molar-refractivity contribution in [3.63, 3.8) is 0 Å². The Morgan fingerprint density at radius 1 is 0.382 bits per heavy atom. The van der Waals surface area contributed by atoms with Crippen molar-refractivity contribution in [3.8, 4) is 11.1 Å². The second-order valence-corrected chi connectivity index (χ2v) is 17.5. The Hall–Kier alpha value is -5.64. The maximum absolute atomic E-state index is 2.47. The van der Waals surface area contributed by atoms with Gasteiger partial charge in [0.05, 0.1) is 0 Å². The number of anilines is 6. The van der Waals surface area contributed by atoms with E-state index in [0.717, 1.165) is 40.5 Å². The number of para-hydroxylation sites is 1. The molecule has 0 unspecified atom stereocenters. The summed E-state index contributed by atoms with van der Waals surface area (Å²) in [4.78, 5) is 4.81. The molecule has 0 spiro atoms. The molecule has 0 N–H and O–H groups in total. The normalized spacial score (nSPS) is 21.3. The van der Waals surface area contributed by atoms with Gasteiger partial charge in [0, 0.05) is 54.3 Å². The first-order valence-electron chi connectivity index (χ1n) is 20.1. The topological polar surface area (TPSA) is 6.48 Å². The molecule has 8 aromatic rings. The van der Waals surface area contributed by atoms with Gasteiger partial charge in [0.2, 0.25) is 0 Å². The minimum Gasteiger partial charge on any atom is -0.311 e. The first-order chi connectivity index (χ1) is 27.2. The lowest BCUT2D eigenvalue weighted by atomic mass is 9.48. The molecule has 0 atom stereocenters. The number of hydrogen-bond acceptors (Lipinski definition) is 3. The van der Waals surface area contributed by atoms with Gasteiger partial charge in [-0.1, -0.05) is 97.1 Å². The molecule has 2 nitrogen and oxygen atoms in total. The zero-order valence-corrected chi connectivity index (χ0v) is 31.8. The Morgan fingerprint density at radius 3 is 1.44 bits per heavy atom. The molecule has 4 bridgehead atoms. The third-order valence-corrected chi connectivity index (χ3v) is 14.1. The molecule has 3 heteroatoms. The molecule has 1 aromatic heterocycles. The summed E-state index contributed by atoms with van der Waals surface area (Å²) >= 11 is 1.87. The van der Waals surface area contributed by atoms with E-state index in [4.69, 9.17) is 0 Å². The maximum atomic E-state index is 2.47. The van der Waals surface area contributed by atoms with Crippen LogP contribution in [-0.4, -0.2) is 0 Å². The number of fused-ring (bicyclic) bond motifs is 3. The fraction of sp³-hybridized carbons (Fsp3) is 0.192. The second-order valence-electron chi connectivity index (χ2n) is 16.5. The monoisotopic (exact) mass is 728 g/mol. The van der Waals surface area contributed by atoms with E-state index in [1.165, 1.54) is 81.2 Å². The van der Waals surface area contributed by atoms with Gasteiger partial charge in [-0.15, -0.1) is 11.3 Å². The maximum Gasteiger partial charge on any atom is 0.0476 e. The summed E-state index contributed by atoms with van der Waals surface area (Å²) in [5, 5.41) is 2.64. The quantitative estimate of drug-likeness (QED) is 0.154. The van der Waals surface area contributed by atoms with Crippen LogP contribution in [0, 0.1) is 17.8 Å². The third kappa shape index (κ3) is 5.84. The Labute approximate surface area is 328 Å². The zero-order chi connectivity index (χ0) is 36.3. The summed E-state index contributed by atoms with van der Waals surface area (Å²) in [6.07, 6.45) is 8.61. The fourth-order valence-corrected chi connectivity index (χ4v) is 12.1. The molecule has 4 aliphatic rings. The molecule has 7 aromatic carbocycles. The summed E-state index contributed by atoms with van der Waals surface area (Å²) < 4.78 is 2.62. The fourth-order valence-electron chi connectivity index (χ4n) is 10.9. The van der Waals surface area contributed by atoms with Crippen LogP contribution in [0.2, 0.25) is 0 Å². The largest absolute Gasteiger partial charge is 0.311 e. The van der Waals surface area contributed by atoms with Crippen molar-refractivity contribution in [2.45, 2.75) is 43.9 Å². The predicted molar refractivity (Wildman–Crippen MR) is 234 cm³/mol. The molecule has 0 saturated heterocycles.